The maximum Gasteiger partial charge on any atom is 0.472 e. The average molecular weight is 1240 g/mol. The highest BCUT2D eigenvalue weighted by atomic mass is 31.2. The number of hydrogen-bond acceptors (Lipinski definition) is 15. The fourth-order valence-electron chi connectivity index (χ4n) is 9.27. The van der Waals surface area contributed by atoms with Gasteiger partial charge < -0.3 is 33.8 Å². The number of carbonyl (C=O) groups excluding carboxylic acids is 4. The van der Waals surface area contributed by atoms with Crippen molar-refractivity contribution in [2.24, 2.45) is 0 Å². The molecule has 0 heterocycles. The summed E-state index contributed by atoms with van der Waals surface area (Å²) >= 11 is 0. The van der Waals surface area contributed by atoms with Crippen molar-refractivity contribution in [3.8, 4) is 0 Å². The average Bonchev–Trinajstić information content (AvgIpc) is 3.58. The summed E-state index contributed by atoms with van der Waals surface area (Å²) in [5, 5.41) is 10.5. The van der Waals surface area contributed by atoms with Crippen LogP contribution in [0.1, 0.15) is 310 Å². The van der Waals surface area contributed by atoms with E-state index < -0.39 is 97.5 Å². The number of hydrogen-bond donors (Lipinski definition) is 3. The van der Waals surface area contributed by atoms with E-state index in [0.717, 1.165) is 116 Å². The predicted octanol–water partition coefficient (Wildman–Crippen LogP) is 17.9. The Bertz CT molecular complexity index is 1710. The molecule has 0 saturated carbocycles. The number of aliphatic hydroxyl groups is 1. The molecule has 19 heteroatoms. The topological polar surface area (TPSA) is 237 Å². The Hall–Kier alpha value is -2.46. The Kier molecular flexibility index (Phi) is 57.8. The lowest BCUT2D eigenvalue weighted by Crippen LogP contribution is -2.30. The maximum absolute atomic E-state index is 13.0. The van der Waals surface area contributed by atoms with Gasteiger partial charge in [-0.15, -0.1) is 0 Å². The Balaban J connectivity index is 5.25. The Morgan fingerprint density at radius 3 is 0.869 bits per heavy atom. The van der Waals surface area contributed by atoms with E-state index in [1.165, 1.54) is 116 Å². The van der Waals surface area contributed by atoms with Gasteiger partial charge in [0.2, 0.25) is 0 Å². The number of unbranched alkanes of at least 4 members (excludes halogenated alkanes) is 35. The molecule has 0 saturated heterocycles. The quantitative estimate of drug-likeness (QED) is 0.0169. The largest absolute Gasteiger partial charge is 0.472 e. The van der Waals surface area contributed by atoms with Crippen molar-refractivity contribution in [2.75, 3.05) is 39.6 Å². The zero-order valence-electron chi connectivity index (χ0n) is 53.3. The molecule has 3 N–H and O–H groups in total. The summed E-state index contributed by atoms with van der Waals surface area (Å²) in [5.41, 5.74) is 0. The molecule has 17 nitrogen and oxygen atoms in total. The number of phosphoric acid groups is 2. The molecular weight excluding hydrogens is 1110 g/mol. The predicted molar refractivity (Wildman–Crippen MR) is 335 cm³/mol. The first-order chi connectivity index (χ1) is 40.7. The fraction of sp³-hybridized carbons (Fsp3) is 0.877. The van der Waals surface area contributed by atoms with E-state index >= 15 is 0 Å². The zero-order valence-corrected chi connectivity index (χ0v) is 55.1. The van der Waals surface area contributed by atoms with Crippen LogP contribution in [0.5, 0.6) is 0 Å². The van der Waals surface area contributed by atoms with Gasteiger partial charge in [-0.3, -0.25) is 37.3 Å². The minimum Gasteiger partial charge on any atom is -0.462 e. The van der Waals surface area contributed by atoms with Gasteiger partial charge in [0.1, 0.15) is 19.3 Å². The molecule has 0 aliphatic carbocycles. The molecule has 0 aromatic heterocycles. The molecule has 0 radical (unpaired) electrons. The molecule has 2 unspecified atom stereocenters. The third kappa shape index (κ3) is 58.6. The zero-order chi connectivity index (χ0) is 61.9. The molecule has 0 aliphatic heterocycles. The highest BCUT2D eigenvalue weighted by Gasteiger charge is 2.30. The summed E-state index contributed by atoms with van der Waals surface area (Å²) in [6.07, 6.45) is 48.0. The molecule has 0 bridgehead atoms. The highest BCUT2D eigenvalue weighted by Crippen LogP contribution is 2.45. The van der Waals surface area contributed by atoms with E-state index in [2.05, 4.69) is 52.0 Å². The lowest BCUT2D eigenvalue weighted by molar-refractivity contribution is -0.161. The first kappa shape index (κ1) is 81.5. The number of rotatable bonds is 64. The number of esters is 4. The van der Waals surface area contributed by atoms with Gasteiger partial charge >= 0.3 is 39.5 Å². The molecular formula is C65H122O17P2. The van der Waals surface area contributed by atoms with Gasteiger partial charge in [-0.1, -0.05) is 257 Å². The van der Waals surface area contributed by atoms with Gasteiger partial charge in [0.25, 0.3) is 0 Å². The van der Waals surface area contributed by atoms with Crippen LogP contribution in [0.3, 0.4) is 0 Å². The summed E-state index contributed by atoms with van der Waals surface area (Å²) in [6.45, 7) is 4.79. The number of phosphoric ester groups is 2. The van der Waals surface area contributed by atoms with Gasteiger partial charge in [-0.2, -0.15) is 0 Å². The van der Waals surface area contributed by atoms with E-state index in [9.17, 15) is 43.2 Å². The smallest absolute Gasteiger partial charge is 0.462 e. The minimum atomic E-state index is -4.95. The molecule has 0 amide bonds. The number of ether oxygens (including phenoxy) is 4. The summed E-state index contributed by atoms with van der Waals surface area (Å²) in [7, 11) is -9.89. The monoisotopic (exact) mass is 1240 g/mol. The van der Waals surface area contributed by atoms with Crippen LogP contribution in [-0.2, 0) is 65.4 Å². The third-order valence-corrected chi connectivity index (χ3v) is 16.4. The highest BCUT2D eigenvalue weighted by molar-refractivity contribution is 7.47. The molecule has 0 aliphatic rings. The molecule has 0 aromatic carbocycles. The van der Waals surface area contributed by atoms with Crippen molar-refractivity contribution in [2.45, 2.75) is 329 Å². The van der Waals surface area contributed by atoms with E-state index in [4.69, 9.17) is 37.0 Å². The first-order valence-corrected chi connectivity index (χ1v) is 36.6. The summed E-state index contributed by atoms with van der Waals surface area (Å²) in [6, 6.07) is 0. The van der Waals surface area contributed by atoms with Gasteiger partial charge in [0.15, 0.2) is 12.2 Å². The van der Waals surface area contributed by atoms with E-state index in [-0.39, 0.29) is 25.7 Å². The Labute approximate surface area is 510 Å². The summed E-state index contributed by atoms with van der Waals surface area (Å²) in [5.74, 6) is -2.16. The van der Waals surface area contributed by atoms with Crippen LogP contribution < -0.4 is 0 Å². The maximum atomic E-state index is 13.0. The summed E-state index contributed by atoms with van der Waals surface area (Å²) in [4.78, 5) is 72.1. The van der Waals surface area contributed by atoms with E-state index in [0.29, 0.717) is 25.7 Å². The van der Waals surface area contributed by atoms with Gasteiger partial charge in [0.05, 0.1) is 26.4 Å². The van der Waals surface area contributed by atoms with Gasteiger partial charge in [0, 0.05) is 25.7 Å². The second kappa shape index (κ2) is 59.5. The lowest BCUT2D eigenvalue weighted by Gasteiger charge is -2.21. The fourth-order valence-corrected chi connectivity index (χ4v) is 10.8. The van der Waals surface area contributed by atoms with Crippen molar-refractivity contribution < 1.29 is 80.2 Å². The van der Waals surface area contributed by atoms with E-state index in [1.54, 1.807) is 0 Å². The van der Waals surface area contributed by atoms with Crippen LogP contribution in [0.25, 0.3) is 0 Å². The van der Waals surface area contributed by atoms with Crippen molar-refractivity contribution in [1.29, 1.82) is 0 Å². The Morgan fingerprint density at radius 2 is 0.571 bits per heavy atom. The molecule has 0 aromatic rings. The minimum absolute atomic E-state index is 0.0855. The van der Waals surface area contributed by atoms with Gasteiger partial charge in [-0.05, 0) is 51.4 Å². The van der Waals surface area contributed by atoms with Crippen LogP contribution >= 0.6 is 15.6 Å². The first-order valence-electron chi connectivity index (χ1n) is 33.6. The lowest BCUT2D eigenvalue weighted by atomic mass is 10.0. The van der Waals surface area contributed by atoms with Crippen molar-refractivity contribution >= 4 is 39.5 Å². The van der Waals surface area contributed by atoms with Crippen molar-refractivity contribution in [1.82, 2.24) is 0 Å². The van der Waals surface area contributed by atoms with Crippen LogP contribution in [0.15, 0.2) is 24.3 Å². The number of carbonyl (C=O) groups is 4. The molecule has 5 atom stereocenters. The molecule has 84 heavy (non-hydrogen) atoms. The van der Waals surface area contributed by atoms with E-state index in [1.807, 2.05) is 0 Å². The van der Waals surface area contributed by atoms with Gasteiger partial charge in [-0.25, -0.2) is 9.13 Å². The normalized spacial score (nSPS) is 14.3. The standard InChI is InChI=1S/C65H122O17P2/c1-5-9-13-17-21-24-27-29-30-31-33-36-40-44-48-52-65(70)82-61(56-76-63(68)50-46-42-38-35-32-28-25-22-18-14-10-6-2)58-80-84(73,74)78-54-59(66)53-77-83(71,72)79-57-60(55-75-62(67)49-45-41-37-20-16-12-8-4)81-64(69)51-47-43-39-34-26-23-19-15-11-7-3/h24,27,29-30,59-61,66H,5-23,25-26,28,31-58H2,1-4H3,(H,71,72)(H,73,74)/b27-24-,30-29-/t59-,60+,61+/m0/s1. The van der Waals surface area contributed by atoms with Crippen LogP contribution in [-0.4, -0.2) is 96.7 Å². The van der Waals surface area contributed by atoms with Crippen molar-refractivity contribution in [3.63, 3.8) is 0 Å². The number of aliphatic hydroxyl groups excluding tert-OH is 1. The number of allylic oxidation sites excluding steroid dienone is 4. The SMILES string of the molecule is CCCCCC/C=C\C=C/CCCCCCCC(=O)O[C@H](COC(=O)CCCCCCCCCCCCCC)COP(=O)(O)OC[C@@H](O)COP(=O)(O)OC[C@@H](COC(=O)CCCCCCCCC)OC(=O)CCCCCCCCCCCC. The van der Waals surface area contributed by atoms with Crippen LogP contribution in [0, 0.1) is 0 Å². The molecule has 0 spiro atoms. The van der Waals surface area contributed by atoms with Crippen molar-refractivity contribution in [3.05, 3.63) is 24.3 Å². The Morgan fingerprint density at radius 1 is 0.333 bits per heavy atom. The van der Waals surface area contributed by atoms with Crippen LogP contribution in [0.4, 0.5) is 0 Å². The molecule has 0 fully saturated rings. The van der Waals surface area contributed by atoms with Crippen LogP contribution in [0.2, 0.25) is 0 Å². The second-order valence-electron chi connectivity index (χ2n) is 22.8. The third-order valence-electron chi connectivity index (χ3n) is 14.5. The second-order valence-corrected chi connectivity index (χ2v) is 25.7. The molecule has 0 rings (SSSR count). The molecule has 494 valence electrons. The summed E-state index contributed by atoms with van der Waals surface area (Å²) < 4.78 is 67.9.